The molecule has 1 heterocycles. The molecule has 0 aliphatic carbocycles. The number of carbonyl (C=O) groups excluding carboxylic acids is 2. The first-order chi connectivity index (χ1) is 14.1. The summed E-state index contributed by atoms with van der Waals surface area (Å²) in [6.45, 7) is 4.59. The van der Waals surface area contributed by atoms with Crippen LogP contribution < -0.4 is 5.32 Å². The van der Waals surface area contributed by atoms with Crippen molar-refractivity contribution >= 4 is 46.3 Å². The number of hydrogen-bond acceptors (Lipinski definition) is 4. The van der Waals surface area contributed by atoms with Gasteiger partial charge in [-0.3, -0.25) is 14.5 Å². The Kier molecular flexibility index (Phi) is 6.41. The van der Waals surface area contributed by atoms with Crippen molar-refractivity contribution in [3.8, 4) is 0 Å². The van der Waals surface area contributed by atoms with Crippen molar-refractivity contribution in [1.29, 1.82) is 0 Å². The number of nitrogens with one attached hydrogen (secondary N) is 1. The standard InChI is InChI=1S/C22H22Cl2N2O4/c1-13(27)19-18(14-7-5-4-6-8-14)20(28)26(12-30-19)22(2,3)21(29)25-17-10-15(23)9-16(24)11-17/h4-11,13,27H,12H2,1-3H3,(H,25,29). The Bertz CT molecular complexity index is 983. The number of anilines is 1. The zero-order valence-electron chi connectivity index (χ0n) is 16.8. The first kappa shape index (κ1) is 22.2. The molecule has 0 bridgehead atoms. The van der Waals surface area contributed by atoms with Crippen LogP contribution in [-0.4, -0.2) is 40.2 Å². The highest BCUT2D eigenvalue weighted by atomic mass is 35.5. The number of halogens is 2. The van der Waals surface area contributed by atoms with Gasteiger partial charge in [0.2, 0.25) is 5.91 Å². The van der Waals surface area contributed by atoms with Gasteiger partial charge in [0.15, 0.2) is 6.73 Å². The van der Waals surface area contributed by atoms with E-state index in [0.29, 0.717) is 21.3 Å². The normalized spacial score (nSPS) is 15.7. The van der Waals surface area contributed by atoms with E-state index >= 15 is 0 Å². The van der Waals surface area contributed by atoms with Crippen molar-refractivity contribution in [2.75, 3.05) is 12.0 Å². The lowest BCUT2D eigenvalue weighted by atomic mass is 9.95. The first-order valence-corrected chi connectivity index (χ1v) is 10.1. The van der Waals surface area contributed by atoms with Gasteiger partial charge in [-0.1, -0.05) is 53.5 Å². The lowest BCUT2D eigenvalue weighted by Gasteiger charge is -2.41. The van der Waals surface area contributed by atoms with E-state index in [1.54, 1.807) is 56.3 Å². The highest BCUT2D eigenvalue weighted by Gasteiger charge is 2.43. The van der Waals surface area contributed by atoms with Gasteiger partial charge in [-0.2, -0.15) is 0 Å². The highest BCUT2D eigenvalue weighted by molar-refractivity contribution is 6.35. The molecule has 0 radical (unpaired) electrons. The van der Waals surface area contributed by atoms with E-state index < -0.39 is 23.5 Å². The highest BCUT2D eigenvalue weighted by Crippen LogP contribution is 2.33. The molecular weight excluding hydrogens is 427 g/mol. The molecule has 2 N–H and O–H groups in total. The monoisotopic (exact) mass is 448 g/mol. The lowest BCUT2D eigenvalue weighted by molar-refractivity contribution is -0.148. The van der Waals surface area contributed by atoms with Gasteiger partial charge in [0.05, 0.1) is 5.57 Å². The van der Waals surface area contributed by atoms with Gasteiger partial charge in [0, 0.05) is 15.7 Å². The molecule has 1 atom stereocenters. The van der Waals surface area contributed by atoms with Gasteiger partial charge in [0.25, 0.3) is 5.91 Å². The van der Waals surface area contributed by atoms with E-state index in [1.165, 1.54) is 11.8 Å². The Labute approximate surface area is 185 Å². The van der Waals surface area contributed by atoms with Crippen LogP contribution in [0.4, 0.5) is 5.69 Å². The zero-order valence-corrected chi connectivity index (χ0v) is 18.3. The maximum Gasteiger partial charge on any atom is 0.261 e. The molecular formula is C22H22Cl2N2O4. The van der Waals surface area contributed by atoms with Gasteiger partial charge in [-0.05, 0) is 44.5 Å². The quantitative estimate of drug-likeness (QED) is 0.713. The summed E-state index contributed by atoms with van der Waals surface area (Å²) in [5.41, 5.74) is -0.0280. The molecule has 8 heteroatoms. The summed E-state index contributed by atoms with van der Waals surface area (Å²) in [6, 6.07) is 13.6. The number of carbonyl (C=O) groups is 2. The van der Waals surface area contributed by atoms with Crippen molar-refractivity contribution in [1.82, 2.24) is 4.90 Å². The Hall–Kier alpha value is -2.54. The van der Waals surface area contributed by atoms with Crippen LogP contribution in [0.5, 0.6) is 0 Å². The molecule has 0 fully saturated rings. The van der Waals surface area contributed by atoms with Crippen molar-refractivity contribution in [3.63, 3.8) is 0 Å². The number of benzene rings is 2. The van der Waals surface area contributed by atoms with E-state index in [2.05, 4.69) is 5.32 Å². The maximum absolute atomic E-state index is 13.4. The fraction of sp³-hybridized carbons (Fsp3) is 0.273. The number of ether oxygens (including phenoxy) is 1. The van der Waals surface area contributed by atoms with Crippen LogP contribution in [0.25, 0.3) is 5.57 Å². The predicted molar refractivity (Wildman–Crippen MR) is 117 cm³/mol. The molecule has 0 aromatic heterocycles. The molecule has 1 aliphatic rings. The number of rotatable bonds is 5. The van der Waals surface area contributed by atoms with Crippen LogP contribution in [0.2, 0.25) is 10.0 Å². The smallest absolute Gasteiger partial charge is 0.261 e. The Morgan fingerprint density at radius 2 is 1.77 bits per heavy atom. The number of hydrogen-bond donors (Lipinski definition) is 2. The van der Waals surface area contributed by atoms with Crippen molar-refractivity contribution in [2.45, 2.75) is 32.4 Å². The summed E-state index contributed by atoms with van der Waals surface area (Å²) in [4.78, 5) is 27.8. The van der Waals surface area contributed by atoms with Gasteiger partial charge >= 0.3 is 0 Å². The number of aliphatic hydroxyl groups excluding tert-OH is 1. The third kappa shape index (κ3) is 4.46. The topological polar surface area (TPSA) is 78.9 Å². The third-order valence-corrected chi connectivity index (χ3v) is 5.28. The van der Waals surface area contributed by atoms with E-state index in [4.69, 9.17) is 27.9 Å². The van der Waals surface area contributed by atoms with Crippen LogP contribution >= 0.6 is 23.2 Å². The van der Waals surface area contributed by atoms with Crippen molar-refractivity contribution < 1.29 is 19.4 Å². The molecule has 158 valence electrons. The summed E-state index contributed by atoms with van der Waals surface area (Å²) in [7, 11) is 0. The fourth-order valence-electron chi connectivity index (χ4n) is 3.15. The number of nitrogens with zero attached hydrogens (tertiary/aromatic N) is 1. The lowest BCUT2D eigenvalue weighted by Crippen LogP contribution is -2.57. The summed E-state index contributed by atoms with van der Waals surface area (Å²) in [5.74, 6) is -0.668. The summed E-state index contributed by atoms with van der Waals surface area (Å²) < 4.78 is 5.73. The zero-order chi connectivity index (χ0) is 22.1. The predicted octanol–water partition coefficient (Wildman–Crippen LogP) is 4.32. The van der Waals surface area contributed by atoms with E-state index in [-0.39, 0.29) is 18.1 Å². The van der Waals surface area contributed by atoms with Gasteiger partial charge in [-0.25, -0.2) is 0 Å². The Morgan fingerprint density at radius 3 is 2.33 bits per heavy atom. The second-order valence-electron chi connectivity index (χ2n) is 7.46. The van der Waals surface area contributed by atoms with E-state index in [9.17, 15) is 14.7 Å². The Morgan fingerprint density at radius 1 is 1.17 bits per heavy atom. The van der Waals surface area contributed by atoms with Gasteiger partial charge in [0.1, 0.15) is 17.4 Å². The maximum atomic E-state index is 13.4. The molecule has 0 spiro atoms. The van der Waals surface area contributed by atoms with E-state index in [0.717, 1.165) is 0 Å². The SMILES string of the molecule is CC(O)C1=C(c2ccccc2)C(=O)N(C(C)(C)C(=O)Nc2cc(Cl)cc(Cl)c2)CO1. The van der Waals surface area contributed by atoms with Crippen LogP contribution in [-0.2, 0) is 14.3 Å². The third-order valence-electron chi connectivity index (χ3n) is 4.85. The molecule has 3 rings (SSSR count). The second-order valence-corrected chi connectivity index (χ2v) is 8.33. The van der Waals surface area contributed by atoms with Crippen molar-refractivity contribution in [2.24, 2.45) is 0 Å². The first-order valence-electron chi connectivity index (χ1n) is 9.31. The molecule has 2 aromatic rings. The van der Waals surface area contributed by atoms with Crippen LogP contribution in [0.1, 0.15) is 26.3 Å². The van der Waals surface area contributed by atoms with Crippen LogP contribution in [0, 0.1) is 0 Å². The summed E-state index contributed by atoms with van der Waals surface area (Å²) >= 11 is 12.0. The molecule has 1 aliphatic heterocycles. The minimum atomic E-state index is -1.27. The molecule has 1 unspecified atom stereocenters. The van der Waals surface area contributed by atoms with Crippen molar-refractivity contribution in [3.05, 3.63) is 69.9 Å². The van der Waals surface area contributed by atoms with Gasteiger partial charge in [-0.15, -0.1) is 0 Å². The van der Waals surface area contributed by atoms with Crippen LogP contribution in [0.15, 0.2) is 54.3 Å². The minimum absolute atomic E-state index is 0.174. The minimum Gasteiger partial charge on any atom is -0.474 e. The average Bonchev–Trinajstić information content (AvgIpc) is 2.67. The largest absolute Gasteiger partial charge is 0.474 e. The summed E-state index contributed by atoms with van der Waals surface area (Å²) in [5, 5.41) is 13.6. The second kappa shape index (κ2) is 8.68. The average molecular weight is 449 g/mol. The van der Waals surface area contributed by atoms with Gasteiger partial charge < -0.3 is 15.2 Å². The molecule has 2 amide bonds. The number of aliphatic hydroxyl groups is 1. The van der Waals surface area contributed by atoms with Crippen LogP contribution in [0.3, 0.4) is 0 Å². The molecule has 0 saturated carbocycles. The molecule has 30 heavy (non-hydrogen) atoms. The fourth-order valence-corrected chi connectivity index (χ4v) is 3.68. The molecule has 0 saturated heterocycles. The number of amides is 2. The molecule has 2 aromatic carbocycles. The van der Waals surface area contributed by atoms with E-state index in [1.807, 2.05) is 6.07 Å². The molecule has 6 nitrogen and oxygen atoms in total. The Balaban J connectivity index is 1.92. The summed E-state index contributed by atoms with van der Waals surface area (Å²) in [6.07, 6.45) is -0.975.